The van der Waals surface area contributed by atoms with Crippen LogP contribution in [0.5, 0.6) is 5.75 Å². The zero-order valence-corrected chi connectivity index (χ0v) is 18.0. The van der Waals surface area contributed by atoms with Crippen molar-refractivity contribution >= 4 is 11.8 Å². The normalized spacial score (nSPS) is 19.5. The minimum atomic E-state index is -3.07. The van der Waals surface area contributed by atoms with E-state index in [9.17, 15) is 4.79 Å². The standard InChI is InChI=1S/C23H27F2N3O3/c1-21(2,3)31-20(29)28-10-8-22(9-11-28)23(24,25)13-16-12-18(27-14-19(16)30-22)15-4-6-17(26)7-5-15/h4-7,12,14H,8-11,13,26H2,1-3H3. The summed E-state index contributed by atoms with van der Waals surface area (Å²) >= 11 is 0. The van der Waals surface area contributed by atoms with Crippen molar-refractivity contribution in [1.82, 2.24) is 9.88 Å². The minimum absolute atomic E-state index is 0.0262. The molecule has 2 aromatic rings. The summed E-state index contributed by atoms with van der Waals surface area (Å²) in [5.41, 5.74) is 5.87. The maximum absolute atomic E-state index is 15.3. The number of hydrogen-bond donors (Lipinski definition) is 1. The van der Waals surface area contributed by atoms with Gasteiger partial charge in [0.25, 0.3) is 5.92 Å². The molecule has 0 saturated carbocycles. The lowest BCUT2D eigenvalue weighted by Crippen LogP contribution is -2.62. The lowest BCUT2D eigenvalue weighted by Gasteiger charge is -2.48. The van der Waals surface area contributed by atoms with Gasteiger partial charge in [-0.1, -0.05) is 12.1 Å². The topological polar surface area (TPSA) is 77.7 Å². The van der Waals surface area contributed by atoms with E-state index in [4.69, 9.17) is 15.2 Å². The summed E-state index contributed by atoms with van der Waals surface area (Å²) in [4.78, 5) is 18.2. The molecular formula is C23H27F2N3O3. The third kappa shape index (κ3) is 4.16. The van der Waals surface area contributed by atoms with Gasteiger partial charge in [0.15, 0.2) is 5.60 Å². The van der Waals surface area contributed by atoms with Crippen molar-refractivity contribution in [3.05, 3.63) is 42.1 Å². The molecule has 4 rings (SSSR count). The van der Waals surface area contributed by atoms with Gasteiger partial charge in [0, 0.05) is 49.2 Å². The van der Waals surface area contributed by atoms with Gasteiger partial charge in [-0.15, -0.1) is 0 Å². The highest BCUT2D eigenvalue weighted by molar-refractivity contribution is 5.68. The number of amides is 1. The molecule has 1 spiro atoms. The number of piperidine rings is 1. The van der Waals surface area contributed by atoms with Crippen LogP contribution in [0, 0.1) is 0 Å². The first kappa shape index (κ1) is 21.3. The van der Waals surface area contributed by atoms with E-state index in [0.29, 0.717) is 22.7 Å². The van der Waals surface area contributed by atoms with Crippen LogP contribution in [0.15, 0.2) is 36.5 Å². The molecule has 0 unspecified atom stereocenters. The zero-order valence-electron chi connectivity index (χ0n) is 18.0. The summed E-state index contributed by atoms with van der Waals surface area (Å²) in [6.45, 7) is 5.62. The number of ether oxygens (including phenoxy) is 2. The Morgan fingerprint density at radius 1 is 1.19 bits per heavy atom. The van der Waals surface area contributed by atoms with Gasteiger partial charge in [0.2, 0.25) is 0 Å². The van der Waals surface area contributed by atoms with Crippen molar-refractivity contribution < 1.29 is 23.0 Å². The molecule has 1 fully saturated rings. The van der Waals surface area contributed by atoms with Crippen LogP contribution in [0.25, 0.3) is 11.3 Å². The molecule has 1 amide bonds. The van der Waals surface area contributed by atoms with E-state index in [1.165, 1.54) is 11.1 Å². The summed E-state index contributed by atoms with van der Waals surface area (Å²) in [5, 5.41) is 0. The second-order valence-corrected chi connectivity index (χ2v) is 9.24. The molecule has 6 nitrogen and oxygen atoms in total. The lowest BCUT2D eigenvalue weighted by molar-refractivity contribution is -0.194. The Kier molecular flexibility index (Phi) is 5.06. The number of anilines is 1. The number of carbonyl (C=O) groups is 1. The number of hydrogen-bond acceptors (Lipinski definition) is 5. The van der Waals surface area contributed by atoms with Gasteiger partial charge < -0.3 is 20.1 Å². The smallest absolute Gasteiger partial charge is 0.410 e. The number of rotatable bonds is 1. The average Bonchev–Trinajstić information content (AvgIpc) is 2.68. The summed E-state index contributed by atoms with van der Waals surface area (Å²) in [6.07, 6.45) is 0.644. The van der Waals surface area contributed by atoms with Crippen LogP contribution >= 0.6 is 0 Å². The fourth-order valence-electron chi connectivity index (χ4n) is 4.06. The van der Waals surface area contributed by atoms with Crippen molar-refractivity contribution in [2.75, 3.05) is 18.8 Å². The van der Waals surface area contributed by atoms with Gasteiger partial charge >= 0.3 is 6.09 Å². The van der Waals surface area contributed by atoms with Crippen LogP contribution in [0.4, 0.5) is 19.3 Å². The number of likely N-dealkylation sites (tertiary alicyclic amines) is 1. The Labute approximate surface area is 180 Å². The predicted octanol–water partition coefficient (Wildman–Crippen LogP) is 4.67. The molecule has 1 aromatic carbocycles. The van der Waals surface area contributed by atoms with Crippen LogP contribution in [0.1, 0.15) is 39.2 Å². The molecule has 2 N–H and O–H groups in total. The van der Waals surface area contributed by atoms with Crippen molar-refractivity contribution in [2.45, 2.75) is 57.2 Å². The van der Waals surface area contributed by atoms with E-state index >= 15 is 8.78 Å². The van der Waals surface area contributed by atoms with E-state index in [0.717, 1.165) is 5.56 Å². The first-order valence-electron chi connectivity index (χ1n) is 10.4. The zero-order chi connectivity index (χ0) is 22.4. The second kappa shape index (κ2) is 7.35. The first-order valence-corrected chi connectivity index (χ1v) is 10.4. The number of nitrogens with two attached hydrogens (primary N) is 1. The molecule has 0 bridgehead atoms. The van der Waals surface area contributed by atoms with E-state index in [1.54, 1.807) is 51.1 Å². The largest absolute Gasteiger partial charge is 0.479 e. The van der Waals surface area contributed by atoms with E-state index in [-0.39, 0.29) is 25.9 Å². The Morgan fingerprint density at radius 2 is 1.84 bits per heavy atom. The van der Waals surface area contributed by atoms with Crippen molar-refractivity contribution in [3.63, 3.8) is 0 Å². The summed E-state index contributed by atoms with van der Waals surface area (Å²) in [5.74, 6) is -2.70. The first-order chi connectivity index (χ1) is 14.5. The Morgan fingerprint density at radius 3 is 2.45 bits per heavy atom. The van der Waals surface area contributed by atoms with Crippen molar-refractivity contribution in [1.29, 1.82) is 0 Å². The second-order valence-electron chi connectivity index (χ2n) is 9.24. The number of nitrogens with zero attached hydrogens (tertiary/aromatic N) is 2. The van der Waals surface area contributed by atoms with Crippen molar-refractivity contribution in [2.24, 2.45) is 0 Å². The number of aromatic nitrogens is 1. The molecule has 8 heteroatoms. The SMILES string of the molecule is CC(C)(C)OC(=O)N1CCC2(CC1)Oc1cnc(-c3ccc(N)cc3)cc1CC2(F)F. The monoisotopic (exact) mass is 431 g/mol. The Hall–Kier alpha value is -2.90. The molecule has 3 heterocycles. The number of carbonyl (C=O) groups excluding carboxylic acids is 1. The van der Waals surface area contributed by atoms with Gasteiger partial charge in [0.05, 0.1) is 11.9 Å². The van der Waals surface area contributed by atoms with Gasteiger partial charge in [-0.05, 0) is 39.0 Å². The van der Waals surface area contributed by atoms with Crippen LogP contribution < -0.4 is 10.5 Å². The average molecular weight is 431 g/mol. The third-order valence-corrected chi connectivity index (χ3v) is 5.76. The number of benzene rings is 1. The summed E-state index contributed by atoms with van der Waals surface area (Å²) < 4.78 is 41.9. The predicted molar refractivity (Wildman–Crippen MR) is 113 cm³/mol. The van der Waals surface area contributed by atoms with Crippen LogP contribution in [-0.4, -0.2) is 46.2 Å². The molecular weight excluding hydrogens is 404 g/mol. The summed E-state index contributed by atoms with van der Waals surface area (Å²) in [7, 11) is 0. The molecule has 31 heavy (non-hydrogen) atoms. The molecule has 2 aliphatic heterocycles. The van der Waals surface area contributed by atoms with E-state index < -0.39 is 29.6 Å². The number of alkyl halides is 2. The Balaban J connectivity index is 1.53. The maximum atomic E-state index is 15.3. The lowest BCUT2D eigenvalue weighted by atomic mass is 9.80. The van der Waals surface area contributed by atoms with Crippen LogP contribution in [-0.2, 0) is 11.2 Å². The molecule has 166 valence electrons. The molecule has 1 aromatic heterocycles. The number of halogens is 2. The minimum Gasteiger partial charge on any atom is -0.479 e. The highest BCUT2D eigenvalue weighted by Crippen LogP contribution is 2.48. The van der Waals surface area contributed by atoms with Crippen LogP contribution in [0.3, 0.4) is 0 Å². The summed E-state index contributed by atoms with van der Waals surface area (Å²) in [6, 6.07) is 8.75. The highest BCUT2D eigenvalue weighted by Gasteiger charge is 2.60. The quantitative estimate of drug-likeness (QED) is 0.664. The maximum Gasteiger partial charge on any atom is 0.410 e. The number of nitrogen functional groups attached to an aromatic ring is 1. The number of fused-ring (bicyclic) bond motifs is 1. The highest BCUT2D eigenvalue weighted by atomic mass is 19.3. The molecule has 0 atom stereocenters. The number of pyridine rings is 1. The molecule has 1 saturated heterocycles. The van der Waals surface area contributed by atoms with E-state index in [2.05, 4.69) is 4.98 Å². The Bertz CT molecular complexity index is 979. The molecule has 0 radical (unpaired) electrons. The molecule has 0 aliphatic carbocycles. The van der Waals surface area contributed by atoms with Gasteiger partial charge in [0.1, 0.15) is 11.4 Å². The van der Waals surface area contributed by atoms with Crippen LogP contribution in [0.2, 0.25) is 0 Å². The van der Waals surface area contributed by atoms with Gasteiger partial charge in [-0.2, -0.15) is 0 Å². The fraction of sp³-hybridized carbons (Fsp3) is 0.478. The third-order valence-electron chi connectivity index (χ3n) is 5.76. The van der Waals surface area contributed by atoms with Gasteiger partial charge in [-0.25, -0.2) is 13.6 Å². The fourth-order valence-corrected chi connectivity index (χ4v) is 4.06. The van der Waals surface area contributed by atoms with Gasteiger partial charge in [-0.3, -0.25) is 4.98 Å². The van der Waals surface area contributed by atoms with E-state index in [1.807, 2.05) is 0 Å². The molecule has 2 aliphatic rings. The van der Waals surface area contributed by atoms with Crippen molar-refractivity contribution in [3.8, 4) is 17.0 Å².